The molecule has 1 unspecified atom stereocenters. The van der Waals surface area contributed by atoms with Crippen molar-refractivity contribution in [2.24, 2.45) is 0 Å². The second-order valence-corrected chi connectivity index (χ2v) is 6.51. The van der Waals surface area contributed by atoms with Gasteiger partial charge in [0.05, 0.1) is 6.54 Å². The molecule has 0 aliphatic rings. The van der Waals surface area contributed by atoms with Gasteiger partial charge in [-0.15, -0.1) is 0 Å². The molecule has 0 bridgehead atoms. The van der Waals surface area contributed by atoms with Crippen LogP contribution >= 0.6 is 0 Å². The van der Waals surface area contributed by atoms with Crippen LogP contribution in [0.4, 0.5) is 5.69 Å². The van der Waals surface area contributed by atoms with Gasteiger partial charge in [-0.25, -0.2) is 0 Å². The molecule has 1 rings (SSSR count). The van der Waals surface area contributed by atoms with Gasteiger partial charge in [0.25, 0.3) is 5.91 Å². The van der Waals surface area contributed by atoms with Crippen LogP contribution in [0.5, 0.6) is 0 Å². The predicted octanol–water partition coefficient (Wildman–Crippen LogP) is 2.54. The smallest absolute Gasteiger partial charge is 0.251 e. The summed E-state index contributed by atoms with van der Waals surface area (Å²) in [7, 11) is 0. The fraction of sp³-hybridized carbons (Fsp3) is 0.529. The van der Waals surface area contributed by atoms with Gasteiger partial charge < -0.3 is 16.0 Å². The summed E-state index contributed by atoms with van der Waals surface area (Å²) >= 11 is 0. The fourth-order valence-corrected chi connectivity index (χ4v) is 1.79. The molecule has 0 aromatic heterocycles. The van der Waals surface area contributed by atoms with Gasteiger partial charge in [0, 0.05) is 22.8 Å². The Morgan fingerprint density at radius 1 is 1.14 bits per heavy atom. The number of benzene rings is 1. The largest absolute Gasteiger partial charge is 0.376 e. The van der Waals surface area contributed by atoms with E-state index in [0.717, 1.165) is 12.1 Å². The number of hydrogen-bond donors (Lipinski definition) is 3. The normalized spacial score (nSPS) is 12.4. The van der Waals surface area contributed by atoms with Crippen LogP contribution in [0.2, 0.25) is 0 Å². The molecular formula is C17H27N3O2. The quantitative estimate of drug-likeness (QED) is 0.756. The van der Waals surface area contributed by atoms with Crippen LogP contribution in [0.3, 0.4) is 0 Å². The summed E-state index contributed by atoms with van der Waals surface area (Å²) in [6.07, 6.45) is 0.897. The second-order valence-electron chi connectivity index (χ2n) is 6.51. The third-order valence-corrected chi connectivity index (χ3v) is 3.10. The molecule has 0 spiro atoms. The van der Waals surface area contributed by atoms with Crippen molar-refractivity contribution in [3.8, 4) is 0 Å². The molecule has 1 aromatic carbocycles. The standard InChI is InChI=1S/C17H27N3O2/c1-6-12(2)19-16(22)13-7-9-14(10-8-13)18-11-15(21)20-17(3,4)5/h7-10,12,18H,6,11H2,1-5H3,(H,19,22)(H,20,21). The Kier molecular flexibility index (Phi) is 6.40. The van der Waals surface area contributed by atoms with Crippen LogP contribution in [-0.2, 0) is 4.79 Å². The highest BCUT2D eigenvalue weighted by atomic mass is 16.2. The minimum absolute atomic E-state index is 0.0638. The fourth-order valence-electron chi connectivity index (χ4n) is 1.79. The Morgan fingerprint density at radius 2 is 1.73 bits per heavy atom. The van der Waals surface area contributed by atoms with Crippen LogP contribution in [0.1, 0.15) is 51.4 Å². The molecule has 0 fully saturated rings. The first-order valence-corrected chi connectivity index (χ1v) is 7.67. The Morgan fingerprint density at radius 3 is 2.23 bits per heavy atom. The van der Waals surface area contributed by atoms with Crippen molar-refractivity contribution in [1.82, 2.24) is 10.6 Å². The average Bonchev–Trinajstić information content (AvgIpc) is 2.43. The zero-order valence-corrected chi connectivity index (χ0v) is 14.1. The zero-order valence-electron chi connectivity index (χ0n) is 14.1. The average molecular weight is 305 g/mol. The lowest BCUT2D eigenvalue weighted by atomic mass is 10.1. The van der Waals surface area contributed by atoms with Crippen molar-refractivity contribution >= 4 is 17.5 Å². The minimum atomic E-state index is -0.239. The predicted molar refractivity (Wildman–Crippen MR) is 90.0 cm³/mol. The van der Waals surface area contributed by atoms with Crippen LogP contribution < -0.4 is 16.0 Å². The molecule has 3 N–H and O–H groups in total. The van der Waals surface area contributed by atoms with Crippen molar-refractivity contribution < 1.29 is 9.59 Å². The first kappa shape index (κ1) is 18.0. The van der Waals surface area contributed by atoms with Crippen molar-refractivity contribution in [3.05, 3.63) is 29.8 Å². The van der Waals surface area contributed by atoms with E-state index in [0.29, 0.717) is 5.56 Å². The topological polar surface area (TPSA) is 70.2 Å². The number of anilines is 1. The van der Waals surface area contributed by atoms with Gasteiger partial charge in [0.1, 0.15) is 0 Å². The van der Waals surface area contributed by atoms with Gasteiger partial charge in [0.2, 0.25) is 5.91 Å². The Hall–Kier alpha value is -2.04. The summed E-state index contributed by atoms with van der Waals surface area (Å²) in [5.41, 5.74) is 1.19. The number of carbonyl (C=O) groups excluding carboxylic acids is 2. The van der Waals surface area contributed by atoms with Gasteiger partial charge in [-0.2, -0.15) is 0 Å². The molecule has 0 aliphatic heterocycles. The van der Waals surface area contributed by atoms with E-state index in [-0.39, 0.29) is 29.9 Å². The maximum atomic E-state index is 12.0. The summed E-state index contributed by atoms with van der Waals surface area (Å²) in [5, 5.41) is 8.84. The monoisotopic (exact) mass is 305 g/mol. The number of rotatable bonds is 6. The third-order valence-electron chi connectivity index (χ3n) is 3.10. The maximum absolute atomic E-state index is 12.0. The van der Waals surface area contributed by atoms with Crippen LogP contribution in [0.25, 0.3) is 0 Å². The van der Waals surface area contributed by atoms with Crippen molar-refractivity contribution in [2.75, 3.05) is 11.9 Å². The van der Waals surface area contributed by atoms with E-state index in [1.165, 1.54) is 0 Å². The van der Waals surface area contributed by atoms with Gasteiger partial charge in [-0.1, -0.05) is 6.92 Å². The summed E-state index contributed by atoms with van der Waals surface area (Å²) in [6.45, 7) is 10.0. The highest BCUT2D eigenvalue weighted by Crippen LogP contribution is 2.10. The van der Waals surface area contributed by atoms with Crippen molar-refractivity contribution in [2.45, 2.75) is 52.6 Å². The summed E-state index contributed by atoms with van der Waals surface area (Å²) in [5.74, 6) is -0.141. The van der Waals surface area contributed by atoms with Gasteiger partial charge in [0.15, 0.2) is 0 Å². The van der Waals surface area contributed by atoms with Gasteiger partial charge in [-0.05, 0) is 58.4 Å². The highest BCUT2D eigenvalue weighted by molar-refractivity contribution is 5.94. The lowest BCUT2D eigenvalue weighted by Crippen LogP contribution is -2.43. The summed E-state index contributed by atoms with van der Waals surface area (Å²) in [6, 6.07) is 7.27. The Labute approximate surface area is 132 Å². The molecule has 2 amide bonds. The molecule has 5 heteroatoms. The van der Waals surface area contributed by atoms with E-state index in [4.69, 9.17) is 0 Å². The molecule has 22 heavy (non-hydrogen) atoms. The maximum Gasteiger partial charge on any atom is 0.251 e. The molecule has 0 heterocycles. The molecule has 0 aliphatic carbocycles. The molecule has 1 atom stereocenters. The SMILES string of the molecule is CCC(C)NC(=O)c1ccc(NCC(=O)NC(C)(C)C)cc1. The van der Waals surface area contributed by atoms with Gasteiger partial charge >= 0.3 is 0 Å². The van der Waals surface area contributed by atoms with Crippen LogP contribution in [0.15, 0.2) is 24.3 Å². The number of nitrogens with one attached hydrogen (secondary N) is 3. The van der Waals surface area contributed by atoms with Crippen molar-refractivity contribution in [1.29, 1.82) is 0 Å². The highest BCUT2D eigenvalue weighted by Gasteiger charge is 2.13. The van der Waals surface area contributed by atoms with Crippen LogP contribution in [0, 0.1) is 0 Å². The number of amides is 2. The zero-order chi connectivity index (χ0) is 16.8. The van der Waals surface area contributed by atoms with Gasteiger partial charge in [-0.3, -0.25) is 9.59 Å². The molecule has 0 saturated carbocycles. The Balaban J connectivity index is 2.51. The molecule has 1 aromatic rings. The molecule has 122 valence electrons. The van der Waals surface area contributed by atoms with E-state index in [2.05, 4.69) is 16.0 Å². The molecule has 0 radical (unpaired) electrons. The molecule has 5 nitrogen and oxygen atoms in total. The van der Waals surface area contributed by atoms with Crippen molar-refractivity contribution in [3.63, 3.8) is 0 Å². The first-order valence-electron chi connectivity index (χ1n) is 7.67. The second kappa shape index (κ2) is 7.82. The van der Waals surface area contributed by atoms with E-state index in [1.54, 1.807) is 24.3 Å². The molecule has 0 saturated heterocycles. The van der Waals surface area contributed by atoms with E-state index in [1.807, 2.05) is 34.6 Å². The van der Waals surface area contributed by atoms with Crippen LogP contribution in [-0.4, -0.2) is 29.9 Å². The number of carbonyl (C=O) groups is 2. The summed E-state index contributed by atoms with van der Waals surface area (Å²) < 4.78 is 0. The van der Waals surface area contributed by atoms with E-state index >= 15 is 0 Å². The third kappa shape index (κ3) is 6.61. The first-order chi connectivity index (χ1) is 10.2. The molecular weight excluding hydrogens is 278 g/mol. The summed E-state index contributed by atoms with van der Waals surface area (Å²) in [4.78, 5) is 23.7. The van der Waals surface area contributed by atoms with E-state index < -0.39 is 0 Å². The minimum Gasteiger partial charge on any atom is -0.376 e. The lowest BCUT2D eigenvalue weighted by molar-refractivity contribution is -0.120. The Bertz CT molecular complexity index is 504. The lowest BCUT2D eigenvalue weighted by Gasteiger charge is -2.20. The number of hydrogen-bond acceptors (Lipinski definition) is 3. The van der Waals surface area contributed by atoms with E-state index in [9.17, 15) is 9.59 Å².